The number of benzene rings is 1. The molecule has 1 aromatic carbocycles. The first kappa shape index (κ1) is 15.8. The zero-order valence-electron chi connectivity index (χ0n) is 12.3. The number of nitrogens with two attached hydrogens (primary N) is 1. The summed E-state index contributed by atoms with van der Waals surface area (Å²) in [4.78, 5) is 11.7. The van der Waals surface area contributed by atoms with E-state index < -0.39 is 0 Å². The maximum absolute atomic E-state index is 11.7. The second-order valence-electron chi connectivity index (χ2n) is 5.26. The van der Waals surface area contributed by atoms with Gasteiger partial charge < -0.3 is 20.5 Å². The third kappa shape index (κ3) is 5.73. The van der Waals surface area contributed by atoms with Gasteiger partial charge in [0.2, 0.25) is 0 Å². The Bertz CT molecular complexity index is 428. The molecule has 2 rings (SSSR count). The molecule has 1 atom stereocenters. The Hall–Kier alpha value is -1.59. The van der Waals surface area contributed by atoms with Crippen molar-refractivity contribution in [3.05, 3.63) is 29.8 Å². The Balaban J connectivity index is 1.60. The minimum absolute atomic E-state index is 0.0352. The van der Waals surface area contributed by atoms with Gasteiger partial charge in [-0.25, -0.2) is 0 Å². The zero-order valence-corrected chi connectivity index (χ0v) is 12.3. The molecular weight excluding hydrogens is 268 g/mol. The molecule has 1 fully saturated rings. The van der Waals surface area contributed by atoms with Crippen molar-refractivity contribution >= 4 is 5.91 Å². The van der Waals surface area contributed by atoms with E-state index in [4.69, 9.17) is 15.2 Å². The van der Waals surface area contributed by atoms with Crippen LogP contribution in [0.1, 0.15) is 31.2 Å². The van der Waals surface area contributed by atoms with Crippen LogP contribution in [-0.2, 0) is 16.1 Å². The minimum atomic E-state index is -0.103. The fourth-order valence-corrected chi connectivity index (χ4v) is 2.33. The SMILES string of the molecule is NCc1ccc(OCC(=O)NCCC2CCCCO2)cc1. The number of carbonyl (C=O) groups is 1. The lowest BCUT2D eigenvalue weighted by Gasteiger charge is -2.22. The highest BCUT2D eigenvalue weighted by atomic mass is 16.5. The lowest BCUT2D eigenvalue weighted by molar-refractivity contribution is -0.123. The number of nitrogens with one attached hydrogen (secondary N) is 1. The molecule has 116 valence electrons. The van der Waals surface area contributed by atoms with Gasteiger partial charge in [-0.3, -0.25) is 4.79 Å². The summed E-state index contributed by atoms with van der Waals surface area (Å²) in [5.41, 5.74) is 6.56. The normalized spacial score (nSPS) is 18.2. The molecule has 1 aliphatic heterocycles. The Morgan fingerprint density at radius 3 is 2.81 bits per heavy atom. The van der Waals surface area contributed by atoms with Crippen molar-refractivity contribution in [1.29, 1.82) is 0 Å². The molecule has 0 aromatic heterocycles. The quantitative estimate of drug-likeness (QED) is 0.800. The first-order chi connectivity index (χ1) is 10.3. The lowest BCUT2D eigenvalue weighted by atomic mass is 10.1. The molecule has 0 saturated carbocycles. The summed E-state index contributed by atoms with van der Waals surface area (Å²) in [5.74, 6) is 0.576. The summed E-state index contributed by atoms with van der Waals surface area (Å²) in [6.07, 6.45) is 4.64. The average molecular weight is 292 g/mol. The third-order valence-corrected chi connectivity index (χ3v) is 3.59. The van der Waals surface area contributed by atoms with Crippen molar-refractivity contribution < 1.29 is 14.3 Å². The standard InChI is InChI=1S/C16H24N2O3/c17-11-13-4-6-15(7-5-13)21-12-16(19)18-9-8-14-3-1-2-10-20-14/h4-7,14H,1-3,8-12,17H2,(H,18,19). The highest BCUT2D eigenvalue weighted by Crippen LogP contribution is 2.15. The Labute approximate surface area is 125 Å². The van der Waals surface area contributed by atoms with Crippen LogP contribution < -0.4 is 15.8 Å². The average Bonchev–Trinajstić information content (AvgIpc) is 2.54. The molecule has 1 amide bonds. The molecule has 0 spiro atoms. The molecule has 1 saturated heterocycles. The summed E-state index contributed by atoms with van der Waals surface area (Å²) in [6, 6.07) is 7.44. The van der Waals surface area contributed by atoms with Gasteiger partial charge in [0.25, 0.3) is 5.91 Å². The van der Waals surface area contributed by atoms with Crippen molar-refractivity contribution in [3.63, 3.8) is 0 Å². The number of ether oxygens (including phenoxy) is 2. The van der Waals surface area contributed by atoms with Crippen LogP contribution >= 0.6 is 0 Å². The molecule has 3 N–H and O–H groups in total. The molecule has 1 aromatic rings. The summed E-state index contributed by atoms with van der Waals surface area (Å²) < 4.78 is 11.0. The van der Waals surface area contributed by atoms with Crippen LogP contribution in [0.3, 0.4) is 0 Å². The second kappa shape index (κ2) is 8.64. The summed E-state index contributed by atoms with van der Waals surface area (Å²) in [5, 5.41) is 2.86. The molecule has 0 bridgehead atoms. The highest BCUT2D eigenvalue weighted by Gasteiger charge is 2.13. The summed E-state index contributed by atoms with van der Waals surface area (Å²) >= 11 is 0. The van der Waals surface area contributed by atoms with Crippen LogP contribution in [0.5, 0.6) is 5.75 Å². The van der Waals surface area contributed by atoms with Crippen LogP contribution in [0, 0.1) is 0 Å². The van der Waals surface area contributed by atoms with Crippen molar-refractivity contribution in [1.82, 2.24) is 5.32 Å². The van der Waals surface area contributed by atoms with E-state index in [1.54, 1.807) is 0 Å². The predicted octanol–water partition coefficient (Wildman–Crippen LogP) is 1.60. The first-order valence-corrected chi connectivity index (χ1v) is 7.58. The molecule has 1 unspecified atom stereocenters. The van der Waals surface area contributed by atoms with E-state index in [0.29, 0.717) is 24.9 Å². The van der Waals surface area contributed by atoms with Gasteiger partial charge in [-0.15, -0.1) is 0 Å². The number of carbonyl (C=O) groups excluding carboxylic acids is 1. The van der Waals surface area contributed by atoms with Gasteiger partial charge in [0.15, 0.2) is 6.61 Å². The van der Waals surface area contributed by atoms with Crippen molar-refractivity contribution in [2.75, 3.05) is 19.8 Å². The van der Waals surface area contributed by atoms with Crippen LogP contribution in [0.15, 0.2) is 24.3 Å². The van der Waals surface area contributed by atoms with Crippen molar-refractivity contribution in [2.45, 2.75) is 38.3 Å². The van der Waals surface area contributed by atoms with E-state index in [2.05, 4.69) is 5.32 Å². The van der Waals surface area contributed by atoms with Gasteiger partial charge in [-0.1, -0.05) is 12.1 Å². The van der Waals surface area contributed by atoms with Gasteiger partial charge in [0, 0.05) is 19.7 Å². The van der Waals surface area contributed by atoms with Crippen LogP contribution in [0.25, 0.3) is 0 Å². The number of amides is 1. The fourth-order valence-electron chi connectivity index (χ4n) is 2.33. The maximum Gasteiger partial charge on any atom is 0.257 e. The van der Waals surface area contributed by atoms with Crippen LogP contribution in [0.4, 0.5) is 0 Å². The Kier molecular flexibility index (Phi) is 6.50. The molecule has 5 nitrogen and oxygen atoms in total. The number of hydrogen-bond donors (Lipinski definition) is 2. The van der Waals surface area contributed by atoms with Gasteiger partial charge in [0.1, 0.15) is 5.75 Å². The first-order valence-electron chi connectivity index (χ1n) is 7.58. The van der Waals surface area contributed by atoms with Crippen molar-refractivity contribution in [3.8, 4) is 5.75 Å². The highest BCUT2D eigenvalue weighted by molar-refractivity contribution is 5.77. The molecule has 0 radical (unpaired) electrons. The Morgan fingerprint density at radius 1 is 1.33 bits per heavy atom. The molecule has 1 aliphatic rings. The number of rotatable bonds is 7. The largest absolute Gasteiger partial charge is 0.484 e. The van der Waals surface area contributed by atoms with E-state index in [0.717, 1.165) is 31.4 Å². The van der Waals surface area contributed by atoms with E-state index in [1.165, 1.54) is 6.42 Å². The van der Waals surface area contributed by atoms with Crippen molar-refractivity contribution in [2.24, 2.45) is 5.73 Å². The lowest BCUT2D eigenvalue weighted by Crippen LogP contribution is -2.32. The summed E-state index contributed by atoms with van der Waals surface area (Å²) in [6.45, 7) is 2.02. The smallest absolute Gasteiger partial charge is 0.257 e. The van der Waals surface area contributed by atoms with E-state index in [9.17, 15) is 4.79 Å². The van der Waals surface area contributed by atoms with Gasteiger partial charge >= 0.3 is 0 Å². The van der Waals surface area contributed by atoms with E-state index >= 15 is 0 Å². The van der Waals surface area contributed by atoms with E-state index in [-0.39, 0.29) is 12.5 Å². The van der Waals surface area contributed by atoms with Gasteiger partial charge in [-0.05, 0) is 43.4 Å². The second-order valence-corrected chi connectivity index (χ2v) is 5.26. The zero-order chi connectivity index (χ0) is 14.9. The van der Waals surface area contributed by atoms with Gasteiger partial charge in [-0.2, -0.15) is 0 Å². The molecule has 0 aliphatic carbocycles. The van der Waals surface area contributed by atoms with E-state index in [1.807, 2.05) is 24.3 Å². The maximum atomic E-state index is 11.7. The van der Waals surface area contributed by atoms with Crippen LogP contribution in [-0.4, -0.2) is 31.8 Å². The van der Waals surface area contributed by atoms with Gasteiger partial charge in [0.05, 0.1) is 6.10 Å². The fraction of sp³-hybridized carbons (Fsp3) is 0.562. The molecular formula is C16H24N2O3. The molecule has 21 heavy (non-hydrogen) atoms. The topological polar surface area (TPSA) is 73.6 Å². The molecule has 5 heteroatoms. The predicted molar refractivity (Wildman–Crippen MR) is 81.0 cm³/mol. The monoisotopic (exact) mass is 292 g/mol. The van der Waals surface area contributed by atoms with Crippen LogP contribution in [0.2, 0.25) is 0 Å². The molecule has 1 heterocycles. The summed E-state index contributed by atoms with van der Waals surface area (Å²) in [7, 11) is 0. The number of hydrogen-bond acceptors (Lipinski definition) is 4. The third-order valence-electron chi connectivity index (χ3n) is 3.59. The Morgan fingerprint density at radius 2 is 2.14 bits per heavy atom. The minimum Gasteiger partial charge on any atom is -0.484 e.